The Morgan fingerprint density at radius 2 is 1.97 bits per heavy atom. The maximum atomic E-state index is 12.2. The summed E-state index contributed by atoms with van der Waals surface area (Å²) in [4.78, 5) is 16.5. The summed E-state index contributed by atoms with van der Waals surface area (Å²) in [5.74, 6) is 1.21. The van der Waals surface area contributed by atoms with E-state index in [1.54, 1.807) is 11.6 Å². The van der Waals surface area contributed by atoms with Crippen molar-refractivity contribution in [2.24, 2.45) is 5.73 Å². The van der Waals surface area contributed by atoms with Crippen LogP contribution in [0.15, 0.2) is 64.5 Å². The second-order valence-corrected chi connectivity index (χ2v) is 7.93. The Balaban J connectivity index is 1.68. The Labute approximate surface area is 188 Å². The van der Waals surface area contributed by atoms with Crippen LogP contribution in [0, 0.1) is 0 Å². The van der Waals surface area contributed by atoms with Crippen molar-refractivity contribution in [3.05, 3.63) is 75.7 Å². The first kappa shape index (κ1) is 20.9. The fourth-order valence-electron chi connectivity index (χ4n) is 3.54. The quantitative estimate of drug-likeness (QED) is 0.529. The maximum absolute atomic E-state index is 12.2. The molecule has 1 aliphatic heterocycles. The van der Waals surface area contributed by atoms with Gasteiger partial charge in [0.25, 0.3) is 0 Å². The molecule has 0 spiro atoms. The van der Waals surface area contributed by atoms with E-state index in [1.165, 1.54) is 6.33 Å². The summed E-state index contributed by atoms with van der Waals surface area (Å²) in [5, 5.41) is 7.36. The maximum Gasteiger partial charge on any atom is 0.248 e. The van der Waals surface area contributed by atoms with Crippen LogP contribution in [-0.2, 0) is 11.4 Å². The highest BCUT2D eigenvalue weighted by Crippen LogP contribution is 2.38. The molecule has 160 valence electrons. The number of fused-ring (bicyclic) bond motifs is 1. The molecule has 9 heteroatoms. The lowest BCUT2D eigenvalue weighted by atomic mass is 9.95. The first-order chi connectivity index (χ1) is 15.0. The number of allylic oxidation sites excluding steroid dienone is 1. The van der Waals surface area contributed by atoms with E-state index in [-0.39, 0.29) is 0 Å². The largest absolute Gasteiger partial charge is 0.490 e. The van der Waals surface area contributed by atoms with Crippen molar-refractivity contribution in [1.29, 1.82) is 0 Å². The number of hydrogen-bond acceptors (Lipinski definition) is 6. The van der Waals surface area contributed by atoms with Crippen LogP contribution in [0.2, 0.25) is 0 Å². The van der Waals surface area contributed by atoms with Gasteiger partial charge in [-0.15, -0.1) is 0 Å². The SMILES string of the molecule is CCOc1cc(C2C(C(N)=O)=C(C)Nc3ncnn32)ccc1OCc1ccc(Br)cc1. The molecule has 1 aromatic heterocycles. The van der Waals surface area contributed by atoms with Crippen LogP contribution in [0.5, 0.6) is 11.5 Å². The Kier molecular flexibility index (Phi) is 5.94. The van der Waals surface area contributed by atoms with Gasteiger partial charge in [0, 0.05) is 10.2 Å². The number of nitrogens with one attached hydrogen (secondary N) is 1. The van der Waals surface area contributed by atoms with Gasteiger partial charge < -0.3 is 20.5 Å². The second-order valence-electron chi connectivity index (χ2n) is 7.01. The topological polar surface area (TPSA) is 104 Å². The number of primary amides is 1. The van der Waals surface area contributed by atoms with Crippen molar-refractivity contribution in [3.8, 4) is 11.5 Å². The van der Waals surface area contributed by atoms with Crippen LogP contribution >= 0.6 is 15.9 Å². The van der Waals surface area contributed by atoms with Crippen LogP contribution in [0.25, 0.3) is 0 Å². The van der Waals surface area contributed by atoms with E-state index >= 15 is 0 Å². The third kappa shape index (κ3) is 4.27. The predicted octanol–water partition coefficient (Wildman–Crippen LogP) is 3.79. The highest BCUT2D eigenvalue weighted by Gasteiger charge is 2.32. The van der Waals surface area contributed by atoms with Crippen molar-refractivity contribution >= 4 is 27.8 Å². The van der Waals surface area contributed by atoms with E-state index in [0.717, 1.165) is 15.6 Å². The third-order valence-corrected chi connectivity index (χ3v) is 5.48. The molecule has 0 radical (unpaired) electrons. The molecule has 0 saturated heterocycles. The molecule has 1 unspecified atom stereocenters. The lowest BCUT2D eigenvalue weighted by Gasteiger charge is -2.28. The number of hydrogen-bond donors (Lipinski definition) is 2. The van der Waals surface area contributed by atoms with Gasteiger partial charge in [-0.3, -0.25) is 4.79 Å². The molecule has 1 amide bonds. The zero-order chi connectivity index (χ0) is 22.0. The molecular weight excluding hydrogens is 462 g/mol. The number of benzene rings is 2. The number of aromatic nitrogens is 3. The Hall–Kier alpha value is -3.33. The number of rotatable bonds is 7. The monoisotopic (exact) mass is 483 g/mol. The molecule has 31 heavy (non-hydrogen) atoms. The number of anilines is 1. The molecular formula is C22H22BrN5O3. The van der Waals surface area contributed by atoms with Gasteiger partial charge in [-0.1, -0.05) is 34.1 Å². The Morgan fingerprint density at radius 3 is 2.68 bits per heavy atom. The van der Waals surface area contributed by atoms with Gasteiger partial charge in [0.05, 0.1) is 12.2 Å². The molecule has 0 aliphatic carbocycles. The van der Waals surface area contributed by atoms with Crippen LogP contribution in [0.3, 0.4) is 0 Å². The van der Waals surface area contributed by atoms with Gasteiger partial charge in [-0.05, 0) is 49.2 Å². The molecule has 0 saturated carbocycles. The predicted molar refractivity (Wildman–Crippen MR) is 120 cm³/mol. The summed E-state index contributed by atoms with van der Waals surface area (Å²) in [5.41, 5.74) is 8.60. The van der Waals surface area contributed by atoms with Crippen molar-refractivity contribution < 1.29 is 14.3 Å². The molecule has 8 nitrogen and oxygen atoms in total. The summed E-state index contributed by atoms with van der Waals surface area (Å²) in [7, 11) is 0. The van der Waals surface area contributed by atoms with Gasteiger partial charge in [0.2, 0.25) is 11.9 Å². The van der Waals surface area contributed by atoms with Crippen molar-refractivity contribution in [2.75, 3.05) is 11.9 Å². The first-order valence-corrected chi connectivity index (χ1v) is 10.6. The normalized spacial score (nSPS) is 15.3. The van der Waals surface area contributed by atoms with Crippen molar-refractivity contribution in [2.45, 2.75) is 26.5 Å². The minimum absolute atomic E-state index is 0.402. The third-order valence-electron chi connectivity index (χ3n) is 4.95. The summed E-state index contributed by atoms with van der Waals surface area (Å²) in [6, 6.07) is 13.0. The lowest BCUT2D eigenvalue weighted by Crippen LogP contribution is -2.31. The summed E-state index contributed by atoms with van der Waals surface area (Å²) < 4.78 is 14.5. The Bertz CT molecular complexity index is 1140. The van der Waals surface area contributed by atoms with Crippen LogP contribution in [0.1, 0.15) is 31.0 Å². The number of carbonyl (C=O) groups excluding carboxylic acids is 1. The molecule has 1 atom stereocenters. The molecule has 1 aliphatic rings. The lowest BCUT2D eigenvalue weighted by molar-refractivity contribution is -0.115. The van der Waals surface area contributed by atoms with Crippen LogP contribution in [-0.4, -0.2) is 27.3 Å². The average Bonchev–Trinajstić information content (AvgIpc) is 3.21. The minimum atomic E-state index is -0.523. The zero-order valence-corrected chi connectivity index (χ0v) is 18.7. The van der Waals surface area contributed by atoms with Gasteiger partial charge in [0.15, 0.2) is 11.5 Å². The Morgan fingerprint density at radius 1 is 1.19 bits per heavy atom. The number of amides is 1. The number of nitrogens with two attached hydrogens (primary N) is 1. The first-order valence-electron chi connectivity index (χ1n) is 9.79. The van der Waals surface area contributed by atoms with Gasteiger partial charge in [0.1, 0.15) is 19.0 Å². The molecule has 2 aromatic carbocycles. The summed E-state index contributed by atoms with van der Waals surface area (Å²) in [6.45, 7) is 4.57. The van der Waals surface area contributed by atoms with Crippen LogP contribution in [0.4, 0.5) is 5.95 Å². The van der Waals surface area contributed by atoms with Crippen molar-refractivity contribution in [3.63, 3.8) is 0 Å². The van der Waals surface area contributed by atoms with E-state index in [2.05, 4.69) is 31.3 Å². The van der Waals surface area contributed by atoms with Gasteiger partial charge in [-0.2, -0.15) is 10.1 Å². The fraction of sp³-hybridized carbons (Fsp3) is 0.227. The van der Waals surface area contributed by atoms with Crippen molar-refractivity contribution in [1.82, 2.24) is 14.8 Å². The number of halogens is 1. The average molecular weight is 484 g/mol. The number of nitrogens with zero attached hydrogens (tertiary/aromatic N) is 3. The standard InChI is InChI=1S/C22H22BrN5O3/c1-3-30-18-10-15(6-9-17(18)31-11-14-4-7-16(23)8-5-14)20-19(21(24)29)13(2)27-22-25-12-26-28(20)22/h4-10,12,20H,3,11H2,1-2H3,(H2,24,29)(H,25,26,27). The van der Waals surface area contributed by atoms with E-state index < -0.39 is 11.9 Å². The molecule has 3 aromatic rings. The van der Waals surface area contributed by atoms with Gasteiger partial charge in [-0.25, -0.2) is 4.68 Å². The van der Waals surface area contributed by atoms with E-state index in [4.69, 9.17) is 15.2 Å². The second kappa shape index (κ2) is 8.81. The highest BCUT2D eigenvalue weighted by atomic mass is 79.9. The molecule has 0 bridgehead atoms. The van der Waals surface area contributed by atoms with E-state index in [1.807, 2.05) is 49.4 Å². The van der Waals surface area contributed by atoms with E-state index in [0.29, 0.717) is 41.9 Å². The number of ether oxygens (including phenoxy) is 2. The minimum Gasteiger partial charge on any atom is -0.490 e. The molecule has 4 rings (SSSR count). The molecule has 3 N–H and O–H groups in total. The zero-order valence-electron chi connectivity index (χ0n) is 17.1. The molecule has 0 fully saturated rings. The molecule has 2 heterocycles. The van der Waals surface area contributed by atoms with Crippen LogP contribution < -0.4 is 20.5 Å². The van der Waals surface area contributed by atoms with E-state index in [9.17, 15) is 4.79 Å². The van der Waals surface area contributed by atoms with Gasteiger partial charge >= 0.3 is 0 Å². The number of carbonyl (C=O) groups is 1. The summed E-state index contributed by atoms with van der Waals surface area (Å²) >= 11 is 3.43. The highest BCUT2D eigenvalue weighted by molar-refractivity contribution is 9.10. The fourth-order valence-corrected chi connectivity index (χ4v) is 3.81. The smallest absolute Gasteiger partial charge is 0.248 e. The summed E-state index contributed by atoms with van der Waals surface area (Å²) in [6.07, 6.45) is 1.44.